The quantitative estimate of drug-likeness (QED) is 0.571. The van der Waals surface area contributed by atoms with E-state index in [0.29, 0.717) is 13.1 Å². The summed E-state index contributed by atoms with van der Waals surface area (Å²) in [6, 6.07) is 15.2. The van der Waals surface area contributed by atoms with Crippen LogP contribution in [0.2, 0.25) is 0 Å². The molecule has 1 saturated heterocycles. The number of para-hydroxylation sites is 1. The Labute approximate surface area is 164 Å². The molecule has 5 heteroatoms. The van der Waals surface area contributed by atoms with Gasteiger partial charge in [0.2, 0.25) is 0 Å². The van der Waals surface area contributed by atoms with Crippen LogP contribution in [0.5, 0.6) is 0 Å². The summed E-state index contributed by atoms with van der Waals surface area (Å²) in [5.74, 6) is -2.45. The fourth-order valence-corrected chi connectivity index (χ4v) is 4.97. The summed E-state index contributed by atoms with van der Waals surface area (Å²) in [7, 11) is 0. The number of rotatable bonds is 5. The molecule has 1 fully saturated rings. The maximum Gasteiger partial charge on any atom is 0.250 e. The fraction of sp³-hybridized carbons (Fsp3) is 0.455. The summed E-state index contributed by atoms with van der Waals surface area (Å²) >= 11 is 1.84. The van der Waals surface area contributed by atoms with E-state index in [2.05, 4.69) is 59.2 Å². The first kappa shape index (κ1) is 18.8. The lowest BCUT2D eigenvalue weighted by molar-refractivity contribution is -0.0551. The molecule has 0 spiro atoms. The highest BCUT2D eigenvalue weighted by Gasteiger charge is 2.33. The maximum atomic E-state index is 13.3. The Bertz CT molecular complexity index is 799. The van der Waals surface area contributed by atoms with Crippen LogP contribution in [0, 0.1) is 6.92 Å². The number of hydrogen-bond donors (Lipinski definition) is 0. The van der Waals surface area contributed by atoms with Crippen molar-refractivity contribution in [2.75, 3.05) is 31.1 Å². The number of halogens is 2. The van der Waals surface area contributed by atoms with Crippen LogP contribution in [0.15, 0.2) is 52.3 Å². The van der Waals surface area contributed by atoms with E-state index in [9.17, 15) is 8.78 Å². The zero-order valence-electron chi connectivity index (χ0n) is 15.8. The molecule has 2 aliphatic rings. The third kappa shape index (κ3) is 4.30. The van der Waals surface area contributed by atoms with Crippen LogP contribution >= 0.6 is 11.8 Å². The van der Waals surface area contributed by atoms with Crippen LogP contribution in [0.4, 0.5) is 20.2 Å². The van der Waals surface area contributed by atoms with Crippen LogP contribution < -0.4 is 4.90 Å². The van der Waals surface area contributed by atoms with Crippen LogP contribution in [0.25, 0.3) is 0 Å². The number of benzene rings is 2. The van der Waals surface area contributed by atoms with Gasteiger partial charge in [-0.25, -0.2) is 8.78 Å². The molecular formula is C22H26F2N2S. The smallest absolute Gasteiger partial charge is 0.250 e. The molecule has 2 aromatic carbocycles. The molecule has 0 aromatic heterocycles. The van der Waals surface area contributed by atoms with Crippen molar-refractivity contribution in [3.63, 3.8) is 0 Å². The van der Waals surface area contributed by atoms with Crippen molar-refractivity contribution in [2.24, 2.45) is 0 Å². The standard InChI is InChI=1S/C22H26F2N2S/c1-17-8-9-21-19(16-17)26(18-6-2-3-7-20(18)27-21)13-5-4-12-25-14-10-22(23,24)11-15-25/h2-3,6-9,16H,4-5,10-15H2,1H3. The second-order valence-corrected chi connectivity index (χ2v) is 8.68. The second-order valence-electron chi connectivity index (χ2n) is 7.60. The Morgan fingerprint density at radius 2 is 1.63 bits per heavy atom. The van der Waals surface area contributed by atoms with Gasteiger partial charge in [-0.3, -0.25) is 0 Å². The Balaban J connectivity index is 1.39. The molecule has 2 nitrogen and oxygen atoms in total. The highest BCUT2D eigenvalue weighted by atomic mass is 32.2. The summed E-state index contributed by atoms with van der Waals surface area (Å²) in [6.07, 6.45) is 2.12. The van der Waals surface area contributed by atoms with Gasteiger partial charge in [0.1, 0.15) is 0 Å². The molecule has 2 heterocycles. The summed E-state index contributed by atoms with van der Waals surface area (Å²) in [4.78, 5) is 7.22. The van der Waals surface area contributed by atoms with Gasteiger partial charge < -0.3 is 9.80 Å². The lowest BCUT2D eigenvalue weighted by Crippen LogP contribution is -2.39. The van der Waals surface area contributed by atoms with Crippen LogP contribution in [0.1, 0.15) is 31.2 Å². The summed E-state index contributed by atoms with van der Waals surface area (Å²) in [5, 5.41) is 0. The topological polar surface area (TPSA) is 6.48 Å². The fourth-order valence-electron chi connectivity index (χ4n) is 3.89. The van der Waals surface area contributed by atoms with Crippen LogP contribution in [0.3, 0.4) is 0 Å². The number of aryl methyl sites for hydroxylation is 1. The minimum absolute atomic E-state index is 0.0103. The van der Waals surface area contributed by atoms with Gasteiger partial charge in [0.25, 0.3) is 5.92 Å². The summed E-state index contributed by atoms with van der Waals surface area (Å²) in [6.45, 7) is 5.06. The summed E-state index contributed by atoms with van der Waals surface area (Å²) < 4.78 is 26.6. The van der Waals surface area contributed by atoms with Crippen LogP contribution in [-0.2, 0) is 0 Å². The molecule has 0 aliphatic carbocycles. The van der Waals surface area contributed by atoms with Gasteiger partial charge in [0, 0.05) is 42.3 Å². The van der Waals surface area contributed by atoms with Crippen LogP contribution in [-0.4, -0.2) is 37.0 Å². The van der Waals surface area contributed by atoms with Gasteiger partial charge in [-0.05, 0) is 56.1 Å². The number of alkyl halides is 2. The van der Waals surface area contributed by atoms with Crippen molar-refractivity contribution >= 4 is 23.1 Å². The van der Waals surface area contributed by atoms with E-state index in [0.717, 1.165) is 25.9 Å². The number of unbranched alkanes of at least 4 members (excludes halogenated alkanes) is 1. The molecule has 0 atom stereocenters. The lowest BCUT2D eigenvalue weighted by Gasteiger charge is -2.34. The number of anilines is 2. The predicted molar refractivity (Wildman–Crippen MR) is 109 cm³/mol. The number of likely N-dealkylation sites (tertiary alicyclic amines) is 1. The molecule has 4 rings (SSSR count). The average molecular weight is 389 g/mol. The first-order chi connectivity index (χ1) is 13.0. The van der Waals surface area contributed by atoms with E-state index in [1.165, 1.54) is 26.7 Å². The van der Waals surface area contributed by atoms with E-state index < -0.39 is 5.92 Å². The van der Waals surface area contributed by atoms with Gasteiger partial charge in [0.05, 0.1) is 11.4 Å². The molecule has 0 bridgehead atoms. The third-order valence-corrected chi connectivity index (χ3v) is 6.61. The average Bonchev–Trinajstić information content (AvgIpc) is 2.66. The Morgan fingerprint density at radius 3 is 2.44 bits per heavy atom. The maximum absolute atomic E-state index is 13.3. The largest absolute Gasteiger partial charge is 0.340 e. The molecule has 144 valence electrons. The van der Waals surface area contributed by atoms with E-state index in [4.69, 9.17) is 0 Å². The Kier molecular flexibility index (Phi) is 5.42. The molecule has 0 unspecified atom stereocenters. The van der Waals surface area contributed by atoms with E-state index in [-0.39, 0.29) is 12.8 Å². The second kappa shape index (κ2) is 7.80. The Hall–Kier alpha value is -1.59. The van der Waals surface area contributed by atoms with Crippen molar-refractivity contribution in [2.45, 2.75) is 48.3 Å². The number of fused-ring (bicyclic) bond motifs is 2. The van der Waals surface area contributed by atoms with Gasteiger partial charge in [-0.2, -0.15) is 0 Å². The normalized spacial score (nSPS) is 18.9. The molecule has 0 N–H and O–H groups in total. The van der Waals surface area contributed by atoms with Gasteiger partial charge >= 0.3 is 0 Å². The van der Waals surface area contributed by atoms with E-state index >= 15 is 0 Å². The zero-order valence-corrected chi connectivity index (χ0v) is 16.6. The SMILES string of the molecule is Cc1ccc2c(c1)N(CCCCN1CCC(F)(F)CC1)c1ccccc1S2. The van der Waals surface area contributed by atoms with Crippen molar-refractivity contribution in [1.29, 1.82) is 0 Å². The molecular weight excluding hydrogens is 362 g/mol. The minimum Gasteiger partial charge on any atom is -0.340 e. The van der Waals surface area contributed by atoms with Crippen molar-refractivity contribution in [3.8, 4) is 0 Å². The lowest BCUT2D eigenvalue weighted by atomic mass is 10.1. The van der Waals surface area contributed by atoms with Crippen molar-refractivity contribution < 1.29 is 8.78 Å². The third-order valence-electron chi connectivity index (χ3n) is 5.47. The van der Waals surface area contributed by atoms with Crippen molar-refractivity contribution in [3.05, 3.63) is 48.0 Å². The number of piperidine rings is 1. The molecule has 2 aromatic rings. The first-order valence-corrected chi connectivity index (χ1v) is 10.6. The highest BCUT2D eigenvalue weighted by Crippen LogP contribution is 2.48. The minimum atomic E-state index is -2.45. The molecule has 0 amide bonds. The van der Waals surface area contributed by atoms with E-state index in [1.807, 2.05) is 11.8 Å². The van der Waals surface area contributed by atoms with Gasteiger partial charge in [-0.15, -0.1) is 0 Å². The Morgan fingerprint density at radius 1 is 0.926 bits per heavy atom. The van der Waals surface area contributed by atoms with Gasteiger partial charge in [-0.1, -0.05) is 30.0 Å². The van der Waals surface area contributed by atoms with Crippen molar-refractivity contribution in [1.82, 2.24) is 4.90 Å². The zero-order chi connectivity index (χ0) is 18.9. The summed E-state index contributed by atoms with van der Waals surface area (Å²) in [5.41, 5.74) is 3.84. The number of hydrogen-bond acceptors (Lipinski definition) is 3. The first-order valence-electron chi connectivity index (χ1n) is 9.77. The molecule has 2 aliphatic heterocycles. The molecule has 0 radical (unpaired) electrons. The monoisotopic (exact) mass is 388 g/mol. The van der Waals surface area contributed by atoms with Gasteiger partial charge in [0.15, 0.2) is 0 Å². The van der Waals surface area contributed by atoms with E-state index in [1.54, 1.807) is 0 Å². The predicted octanol–water partition coefficient (Wildman–Crippen LogP) is 6.11. The highest BCUT2D eigenvalue weighted by molar-refractivity contribution is 7.99. The molecule has 0 saturated carbocycles. The molecule has 27 heavy (non-hydrogen) atoms. The number of nitrogens with zero attached hydrogens (tertiary/aromatic N) is 2.